The predicted octanol–water partition coefficient (Wildman–Crippen LogP) is 1.55. The summed E-state index contributed by atoms with van der Waals surface area (Å²) in [6, 6.07) is 14.4. The Kier molecular flexibility index (Phi) is 4.87. The number of hydrogen-bond donors (Lipinski definition) is 2. The third kappa shape index (κ3) is 3.20. The Balaban J connectivity index is 2.06. The van der Waals surface area contributed by atoms with Gasteiger partial charge in [-0.3, -0.25) is 19.3 Å². The summed E-state index contributed by atoms with van der Waals surface area (Å²) >= 11 is 0. The molecule has 2 aromatic carbocycles. The van der Waals surface area contributed by atoms with Crippen molar-refractivity contribution in [1.29, 1.82) is 0 Å². The molecular formula is C20H19N3O5. The molecule has 0 unspecified atom stereocenters. The lowest BCUT2D eigenvalue weighted by atomic mass is 9.89. The molecular weight excluding hydrogens is 362 g/mol. The minimum absolute atomic E-state index is 0.121. The maximum atomic E-state index is 13.1. The number of rotatable bonds is 6. The Morgan fingerprint density at radius 2 is 1.64 bits per heavy atom. The minimum atomic E-state index is -1.42. The second-order valence-corrected chi connectivity index (χ2v) is 6.65. The quantitative estimate of drug-likeness (QED) is 0.736. The van der Waals surface area contributed by atoms with Crippen molar-refractivity contribution in [3.05, 3.63) is 71.3 Å². The number of carbonyl (C=O) groups excluding carboxylic acids is 3. The highest BCUT2D eigenvalue weighted by atomic mass is 16.4. The van der Waals surface area contributed by atoms with E-state index in [0.717, 1.165) is 10.5 Å². The van der Waals surface area contributed by atoms with Crippen molar-refractivity contribution in [2.45, 2.75) is 19.0 Å². The summed E-state index contributed by atoms with van der Waals surface area (Å²) in [4.78, 5) is 50.6. The molecule has 1 fully saturated rings. The van der Waals surface area contributed by atoms with Crippen LogP contribution in [0.4, 0.5) is 4.79 Å². The number of urea groups is 1. The van der Waals surface area contributed by atoms with Gasteiger partial charge >= 0.3 is 12.0 Å². The number of nitrogens with two attached hydrogens (primary N) is 1. The van der Waals surface area contributed by atoms with Crippen molar-refractivity contribution in [2.24, 2.45) is 5.73 Å². The molecule has 28 heavy (non-hydrogen) atoms. The van der Waals surface area contributed by atoms with E-state index < -0.39 is 35.9 Å². The number of benzene rings is 2. The second-order valence-electron chi connectivity index (χ2n) is 6.65. The molecule has 1 saturated heterocycles. The molecule has 0 aliphatic carbocycles. The van der Waals surface area contributed by atoms with Crippen molar-refractivity contribution in [3.63, 3.8) is 0 Å². The fourth-order valence-electron chi connectivity index (χ4n) is 3.31. The summed E-state index contributed by atoms with van der Waals surface area (Å²) in [5.74, 6) is -2.53. The molecule has 0 aromatic heterocycles. The first-order valence-electron chi connectivity index (χ1n) is 8.54. The fraction of sp³-hybridized carbons (Fsp3) is 0.200. The van der Waals surface area contributed by atoms with Gasteiger partial charge in [0.05, 0.1) is 0 Å². The summed E-state index contributed by atoms with van der Waals surface area (Å²) in [6.45, 7) is 0.963. The summed E-state index contributed by atoms with van der Waals surface area (Å²) < 4.78 is 0. The predicted molar refractivity (Wildman–Crippen MR) is 99.0 cm³/mol. The van der Waals surface area contributed by atoms with Gasteiger partial charge in [-0.1, -0.05) is 42.5 Å². The Morgan fingerprint density at radius 1 is 1.04 bits per heavy atom. The molecule has 144 valence electrons. The highest BCUT2D eigenvalue weighted by Crippen LogP contribution is 2.38. The molecule has 8 heteroatoms. The third-order valence-corrected chi connectivity index (χ3v) is 4.87. The molecule has 1 aliphatic heterocycles. The average molecular weight is 381 g/mol. The van der Waals surface area contributed by atoms with Crippen LogP contribution in [0, 0.1) is 0 Å². The van der Waals surface area contributed by atoms with Crippen molar-refractivity contribution in [2.75, 3.05) is 6.54 Å². The van der Waals surface area contributed by atoms with Gasteiger partial charge < -0.3 is 15.7 Å². The van der Waals surface area contributed by atoms with Crippen LogP contribution in [0.3, 0.4) is 0 Å². The van der Waals surface area contributed by atoms with Crippen LogP contribution in [-0.2, 0) is 21.7 Å². The number of primary amides is 1. The number of carbonyl (C=O) groups is 4. The number of nitrogens with zero attached hydrogens (tertiary/aromatic N) is 2. The van der Waals surface area contributed by atoms with Crippen LogP contribution in [0.1, 0.15) is 28.4 Å². The van der Waals surface area contributed by atoms with Gasteiger partial charge in [0.2, 0.25) is 5.91 Å². The monoisotopic (exact) mass is 381 g/mol. The van der Waals surface area contributed by atoms with E-state index in [2.05, 4.69) is 0 Å². The number of aliphatic carboxylic acids is 1. The van der Waals surface area contributed by atoms with Gasteiger partial charge in [0.25, 0.3) is 5.91 Å². The van der Waals surface area contributed by atoms with Gasteiger partial charge in [-0.25, -0.2) is 4.79 Å². The van der Waals surface area contributed by atoms with Crippen LogP contribution < -0.4 is 5.73 Å². The van der Waals surface area contributed by atoms with Crippen LogP contribution in [-0.4, -0.2) is 45.3 Å². The summed E-state index contributed by atoms with van der Waals surface area (Å²) in [7, 11) is 0. The first-order valence-corrected chi connectivity index (χ1v) is 8.54. The van der Waals surface area contributed by atoms with Crippen molar-refractivity contribution in [1.82, 2.24) is 9.80 Å². The minimum Gasteiger partial charge on any atom is -0.480 e. The van der Waals surface area contributed by atoms with Gasteiger partial charge in [-0.15, -0.1) is 0 Å². The number of amides is 4. The number of hydrogen-bond acceptors (Lipinski definition) is 4. The van der Waals surface area contributed by atoms with Gasteiger partial charge in [0.1, 0.15) is 12.1 Å². The smallest absolute Gasteiger partial charge is 0.328 e. The molecule has 2 aromatic rings. The van der Waals surface area contributed by atoms with Gasteiger partial charge in [-0.2, -0.15) is 0 Å². The molecule has 8 nitrogen and oxygen atoms in total. The first-order chi connectivity index (χ1) is 13.2. The van der Waals surface area contributed by atoms with E-state index in [-0.39, 0.29) is 12.1 Å². The van der Waals surface area contributed by atoms with Crippen molar-refractivity contribution < 1.29 is 24.3 Å². The van der Waals surface area contributed by atoms with E-state index in [1.165, 1.54) is 17.0 Å². The average Bonchev–Trinajstić information content (AvgIpc) is 2.85. The van der Waals surface area contributed by atoms with Crippen molar-refractivity contribution >= 4 is 23.8 Å². The Hall–Kier alpha value is -3.68. The highest BCUT2D eigenvalue weighted by Gasteiger charge is 2.55. The summed E-state index contributed by atoms with van der Waals surface area (Å²) in [5.41, 5.74) is 5.36. The fourth-order valence-corrected chi connectivity index (χ4v) is 3.31. The molecule has 0 bridgehead atoms. The first kappa shape index (κ1) is 19.1. The third-order valence-electron chi connectivity index (χ3n) is 4.87. The number of carboxylic acid groups (broad SMARTS) is 1. The van der Waals surface area contributed by atoms with Crippen LogP contribution >= 0.6 is 0 Å². The molecule has 1 heterocycles. The van der Waals surface area contributed by atoms with E-state index in [9.17, 15) is 19.2 Å². The number of carboxylic acids is 1. The normalized spacial score (nSPS) is 19.2. The van der Waals surface area contributed by atoms with Gasteiger partial charge in [0, 0.05) is 12.1 Å². The zero-order chi connectivity index (χ0) is 20.5. The molecule has 1 atom stereocenters. The molecule has 1 aliphatic rings. The number of imide groups is 1. The lowest BCUT2D eigenvalue weighted by Crippen LogP contribution is -2.44. The highest BCUT2D eigenvalue weighted by molar-refractivity contribution is 6.08. The van der Waals surface area contributed by atoms with E-state index >= 15 is 0 Å². The molecule has 3 N–H and O–H groups in total. The zero-order valence-electron chi connectivity index (χ0n) is 15.2. The van der Waals surface area contributed by atoms with Crippen molar-refractivity contribution in [3.8, 4) is 0 Å². The lowest BCUT2D eigenvalue weighted by molar-refractivity contribution is -0.143. The van der Waals surface area contributed by atoms with E-state index in [1.807, 2.05) is 30.3 Å². The Morgan fingerprint density at radius 3 is 2.18 bits per heavy atom. The lowest BCUT2D eigenvalue weighted by Gasteiger charge is -2.32. The zero-order valence-corrected chi connectivity index (χ0v) is 15.2. The molecule has 0 saturated carbocycles. The molecule has 0 radical (unpaired) electrons. The maximum Gasteiger partial charge on any atom is 0.328 e. The van der Waals surface area contributed by atoms with Crippen LogP contribution in [0.25, 0.3) is 0 Å². The van der Waals surface area contributed by atoms with E-state index in [4.69, 9.17) is 10.8 Å². The largest absolute Gasteiger partial charge is 0.480 e. The maximum absolute atomic E-state index is 13.1. The molecule has 0 spiro atoms. The van der Waals surface area contributed by atoms with Crippen LogP contribution in [0.15, 0.2) is 54.6 Å². The Bertz CT molecular complexity index is 942. The van der Waals surface area contributed by atoms with Crippen LogP contribution in [0.5, 0.6) is 0 Å². The molecule has 3 rings (SSSR count). The SMILES string of the molecule is C[C@]1(c2ccc(C(N)=O)cc2)C(=O)N(CC(=O)O)C(=O)N1Cc1ccccc1. The van der Waals surface area contributed by atoms with Gasteiger partial charge in [-0.05, 0) is 30.2 Å². The van der Waals surface area contributed by atoms with E-state index in [0.29, 0.717) is 5.56 Å². The van der Waals surface area contributed by atoms with Gasteiger partial charge in [0.15, 0.2) is 0 Å². The second kappa shape index (κ2) is 7.15. The topological polar surface area (TPSA) is 121 Å². The van der Waals surface area contributed by atoms with Crippen LogP contribution in [0.2, 0.25) is 0 Å². The Labute approximate surface area is 161 Å². The summed E-state index contributed by atoms with van der Waals surface area (Å²) in [5, 5.41) is 9.11. The summed E-state index contributed by atoms with van der Waals surface area (Å²) in [6.07, 6.45) is 0. The molecule has 4 amide bonds. The van der Waals surface area contributed by atoms with E-state index in [1.54, 1.807) is 19.1 Å². The standard InChI is InChI=1S/C20H19N3O5/c1-20(15-9-7-14(8-10-15)17(21)26)18(27)22(12-16(24)25)19(28)23(20)11-13-5-3-2-4-6-13/h2-10H,11-12H2,1H3,(H2,21,26)(H,24,25)/t20-/m0/s1.